The number of carbonyl (C=O) groups is 1. The van der Waals surface area contributed by atoms with Crippen molar-refractivity contribution in [1.82, 2.24) is 24.6 Å². The fraction of sp³-hybridized carbons (Fsp3) is 0.391. The second-order valence-electron chi connectivity index (χ2n) is 7.84. The summed E-state index contributed by atoms with van der Waals surface area (Å²) in [5.41, 5.74) is 2.08. The Morgan fingerprint density at radius 2 is 1.83 bits per heavy atom. The standard InChI is InChI=1S/C23H27N5OS/c1-17-8-6-9-18(2)28(17)21(29)16-30-23-26-25-22(20-12-7-13-24-14-20)27(23)15-19-10-4-3-5-11-19/h3-5,7,10-14,17-18H,6,8-9,15-16H2,1-2H3/t17-,18+. The van der Waals surface area contributed by atoms with E-state index in [1.54, 1.807) is 12.4 Å². The molecule has 3 heterocycles. The Morgan fingerprint density at radius 3 is 2.53 bits per heavy atom. The summed E-state index contributed by atoms with van der Waals surface area (Å²) in [6.07, 6.45) is 6.89. The van der Waals surface area contributed by atoms with Crippen LogP contribution in [0.2, 0.25) is 0 Å². The van der Waals surface area contributed by atoms with Crippen molar-refractivity contribution in [3.05, 3.63) is 60.4 Å². The Balaban J connectivity index is 1.56. The summed E-state index contributed by atoms with van der Waals surface area (Å²) >= 11 is 1.47. The molecule has 0 aliphatic carbocycles. The van der Waals surface area contributed by atoms with Crippen molar-refractivity contribution in [3.63, 3.8) is 0 Å². The Kier molecular flexibility index (Phi) is 6.47. The van der Waals surface area contributed by atoms with Gasteiger partial charge in [0.15, 0.2) is 11.0 Å². The van der Waals surface area contributed by atoms with Crippen LogP contribution in [0.3, 0.4) is 0 Å². The van der Waals surface area contributed by atoms with Crippen molar-refractivity contribution < 1.29 is 4.79 Å². The molecule has 0 radical (unpaired) electrons. The molecule has 6 nitrogen and oxygen atoms in total. The lowest BCUT2D eigenvalue weighted by Gasteiger charge is -2.39. The average Bonchev–Trinajstić information content (AvgIpc) is 3.16. The lowest BCUT2D eigenvalue weighted by atomic mass is 9.98. The molecule has 0 saturated carbocycles. The number of hydrogen-bond donors (Lipinski definition) is 0. The van der Waals surface area contributed by atoms with Crippen LogP contribution in [0.4, 0.5) is 0 Å². The molecule has 30 heavy (non-hydrogen) atoms. The number of rotatable bonds is 6. The molecule has 1 aliphatic heterocycles. The summed E-state index contributed by atoms with van der Waals surface area (Å²) in [7, 11) is 0. The fourth-order valence-electron chi connectivity index (χ4n) is 4.13. The van der Waals surface area contributed by atoms with Crippen molar-refractivity contribution in [3.8, 4) is 11.4 Å². The maximum absolute atomic E-state index is 13.0. The van der Waals surface area contributed by atoms with Crippen molar-refractivity contribution in [2.75, 3.05) is 5.75 Å². The predicted molar refractivity (Wildman–Crippen MR) is 119 cm³/mol. The Hall–Kier alpha value is -2.67. The second kappa shape index (κ2) is 9.43. The molecule has 2 atom stereocenters. The Labute approximate surface area is 181 Å². The van der Waals surface area contributed by atoms with Gasteiger partial charge in [-0.3, -0.25) is 14.3 Å². The number of amides is 1. The van der Waals surface area contributed by atoms with E-state index in [0.29, 0.717) is 24.4 Å². The molecule has 4 rings (SSSR count). The van der Waals surface area contributed by atoms with E-state index in [1.165, 1.54) is 18.2 Å². The minimum atomic E-state index is 0.178. The summed E-state index contributed by atoms with van der Waals surface area (Å²) in [6, 6.07) is 14.7. The van der Waals surface area contributed by atoms with Crippen LogP contribution in [0.25, 0.3) is 11.4 Å². The first-order valence-electron chi connectivity index (χ1n) is 10.4. The van der Waals surface area contributed by atoms with Gasteiger partial charge in [-0.15, -0.1) is 10.2 Å². The largest absolute Gasteiger partial charge is 0.337 e. The number of aromatic nitrogens is 4. The lowest BCUT2D eigenvalue weighted by molar-refractivity contribution is -0.134. The molecule has 1 aromatic carbocycles. The summed E-state index contributed by atoms with van der Waals surface area (Å²) in [4.78, 5) is 19.3. The van der Waals surface area contributed by atoms with E-state index < -0.39 is 0 Å². The number of hydrogen-bond acceptors (Lipinski definition) is 5. The van der Waals surface area contributed by atoms with Crippen LogP contribution in [-0.4, -0.2) is 48.4 Å². The van der Waals surface area contributed by atoms with E-state index in [4.69, 9.17) is 0 Å². The van der Waals surface area contributed by atoms with Gasteiger partial charge in [0.2, 0.25) is 5.91 Å². The number of nitrogens with zero attached hydrogens (tertiary/aromatic N) is 5. The summed E-state index contributed by atoms with van der Waals surface area (Å²) in [6.45, 7) is 4.94. The number of benzene rings is 1. The van der Waals surface area contributed by atoms with Crippen LogP contribution in [0.5, 0.6) is 0 Å². The highest BCUT2D eigenvalue weighted by atomic mass is 32.2. The van der Waals surface area contributed by atoms with Crippen molar-refractivity contribution in [1.29, 1.82) is 0 Å². The number of pyridine rings is 1. The van der Waals surface area contributed by atoms with Gasteiger partial charge in [-0.1, -0.05) is 42.1 Å². The molecular formula is C23H27N5OS. The molecule has 2 aromatic heterocycles. The third kappa shape index (κ3) is 4.56. The normalized spacial score (nSPS) is 19.1. The average molecular weight is 422 g/mol. The lowest BCUT2D eigenvalue weighted by Crippen LogP contribution is -2.48. The fourth-order valence-corrected chi connectivity index (χ4v) is 4.93. The van der Waals surface area contributed by atoms with Gasteiger partial charge in [-0.25, -0.2) is 0 Å². The predicted octanol–water partition coefficient (Wildman–Crippen LogP) is 4.27. The number of piperidine rings is 1. The van der Waals surface area contributed by atoms with E-state index in [9.17, 15) is 4.79 Å². The maximum atomic E-state index is 13.0. The molecule has 1 aliphatic rings. The molecule has 0 spiro atoms. The molecule has 0 N–H and O–H groups in total. The molecular weight excluding hydrogens is 394 g/mol. The molecule has 3 aromatic rings. The molecule has 0 unspecified atom stereocenters. The van der Waals surface area contributed by atoms with Gasteiger partial charge >= 0.3 is 0 Å². The summed E-state index contributed by atoms with van der Waals surface area (Å²) < 4.78 is 2.08. The van der Waals surface area contributed by atoms with Crippen LogP contribution < -0.4 is 0 Å². The van der Waals surface area contributed by atoms with Crippen LogP contribution in [0, 0.1) is 0 Å². The van der Waals surface area contributed by atoms with Gasteiger partial charge in [0.05, 0.1) is 12.3 Å². The highest BCUT2D eigenvalue weighted by Crippen LogP contribution is 2.27. The Morgan fingerprint density at radius 1 is 1.07 bits per heavy atom. The van der Waals surface area contributed by atoms with E-state index in [2.05, 4.69) is 50.6 Å². The van der Waals surface area contributed by atoms with E-state index in [1.807, 2.05) is 30.3 Å². The quantitative estimate of drug-likeness (QED) is 0.556. The van der Waals surface area contributed by atoms with Gasteiger partial charge in [0.25, 0.3) is 0 Å². The minimum Gasteiger partial charge on any atom is -0.337 e. The van der Waals surface area contributed by atoms with Crippen LogP contribution >= 0.6 is 11.8 Å². The van der Waals surface area contributed by atoms with Crippen LogP contribution in [0.15, 0.2) is 60.0 Å². The first-order chi connectivity index (χ1) is 14.6. The number of carbonyl (C=O) groups excluding carboxylic acids is 1. The molecule has 1 saturated heterocycles. The SMILES string of the molecule is C[C@@H]1CCC[C@H](C)N1C(=O)CSc1nnc(-c2cccnc2)n1Cc1ccccc1. The minimum absolute atomic E-state index is 0.178. The first-order valence-corrected chi connectivity index (χ1v) is 11.4. The van der Waals surface area contributed by atoms with Crippen LogP contribution in [0.1, 0.15) is 38.7 Å². The summed E-state index contributed by atoms with van der Waals surface area (Å²) in [5.74, 6) is 1.31. The molecule has 0 bridgehead atoms. The zero-order chi connectivity index (χ0) is 20.9. The van der Waals surface area contributed by atoms with Crippen molar-refractivity contribution >= 4 is 17.7 Å². The second-order valence-corrected chi connectivity index (χ2v) is 8.78. The van der Waals surface area contributed by atoms with Gasteiger partial charge < -0.3 is 4.90 Å². The van der Waals surface area contributed by atoms with E-state index >= 15 is 0 Å². The number of likely N-dealkylation sites (tertiary alicyclic amines) is 1. The molecule has 156 valence electrons. The van der Waals surface area contributed by atoms with Crippen molar-refractivity contribution in [2.24, 2.45) is 0 Å². The van der Waals surface area contributed by atoms with Gasteiger partial charge in [-0.05, 0) is 50.8 Å². The van der Waals surface area contributed by atoms with Crippen molar-refractivity contribution in [2.45, 2.75) is 56.9 Å². The van der Waals surface area contributed by atoms with Gasteiger partial charge in [0.1, 0.15) is 0 Å². The molecule has 7 heteroatoms. The molecule has 1 fully saturated rings. The smallest absolute Gasteiger partial charge is 0.233 e. The first kappa shape index (κ1) is 20.6. The topological polar surface area (TPSA) is 63.9 Å². The van der Waals surface area contributed by atoms with Crippen LogP contribution in [-0.2, 0) is 11.3 Å². The highest BCUT2D eigenvalue weighted by molar-refractivity contribution is 7.99. The summed E-state index contributed by atoms with van der Waals surface area (Å²) in [5, 5.41) is 9.60. The van der Waals surface area contributed by atoms with Gasteiger partial charge in [-0.2, -0.15) is 0 Å². The number of thioether (sulfide) groups is 1. The van der Waals surface area contributed by atoms with E-state index in [-0.39, 0.29) is 5.91 Å². The monoisotopic (exact) mass is 421 g/mol. The third-order valence-corrected chi connectivity index (χ3v) is 6.58. The third-order valence-electron chi connectivity index (χ3n) is 5.63. The van der Waals surface area contributed by atoms with E-state index in [0.717, 1.165) is 34.9 Å². The maximum Gasteiger partial charge on any atom is 0.233 e. The Bertz CT molecular complexity index is 966. The zero-order valence-electron chi connectivity index (χ0n) is 17.4. The zero-order valence-corrected chi connectivity index (χ0v) is 18.3. The highest BCUT2D eigenvalue weighted by Gasteiger charge is 2.29. The molecule has 1 amide bonds. The van der Waals surface area contributed by atoms with Gasteiger partial charge in [0, 0.05) is 30.0 Å².